The quantitative estimate of drug-likeness (QED) is 0.186. The topological polar surface area (TPSA) is 29.0 Å². The molecule has 1 aromatic heterocycles. The van der Waals surface area contributed by atoms with E-state index >= 15 is 0 Å². The Morgan fingerprint density at radius 2 is 1.53 bits per heavy atom. The van der Waals surface area contributed by atoms with Crippen LogP contribution in [0.1, 0.15) is 54.5 Å². The van der Waals surface area contributed by atoms with Gasteiger partial charge in [-0.2, -0.15) is 0 Å². The van der Waals surface area contributed by atoms with Crippen molar-refractivity contribution in [1.82, 2.24) is 4.57 Å². The van der Waals surface area contributed by atoms with Gasteiger partial charge in [0.1, 0.15) is 6.17 Å². The van der Waals surface area contributed by atoms with Crippen molar-refractivity contribution in [2.75, 3.05) is 10.6 Å². The van der Waals surface area contributed by atoms with Crippen LogP contribution in [0.5, 0.6) is 0 Å². The smallest absolute Gasteiger partial charge is 0.111 e. The maximum Gasteiger partial charge on any atom is 0.111 e. The third kappa shape index (κ3) is 4.18. The number of fused-ring (bicyclic) bond motifs is 8. The molecule has 6 aromatic carbocycles. The van der Waals surface area contributed by atoms with Crippen LogP contribution in [0.25, 0.3) is 44.1 Å². The fraction of sp³-hybridized carbons (Fsp3) is 0.167. The summed E-state index contributed by atoms with van der Waals surface area (Å²) in [5.41, 5.74) is 15.7. The van der Waals surface area contributed by atoms with Gasteiger partial charge >= 0.3 is 0 Å². The van der Waals surface area contributed by atoms with Gasteiger partial charge in [0.05, 0.1) is 11.0 Å². The van der Waals surface area contributed by atoms with Gasteiger partial charge in [-0.15, -0.1) is 0 Å². The molecule has 5 atom stereocenters. The first kappa shape index (κ1) is 29.0. The number of rotatable bonds is 6. The molecule has 3 heteroatoms. The highest BCUT2D eigenvalue weighted by Crippen LogP contribution is 2.61. The molecule has 0 radical (unpaired) electrons. The van der Waals surface area contributed by atoms with E-state index in [1.165, 1.54) is 72.1 Å². The van der Waals surface area contributed by atoms with Crippen molar-refractivity contribution in [2.45, 2.75) is 43.2 Å². The van der Waals surface area contributed by atoms with Gasteiger partial charge in [0.15, 0.2) is 0 Å². The van der Waals surface area contributed by atoms with E-state index in [0.717, 1.165) is 18.5 Å². The molecule has 2 aliphatic carbocycles. The minimum Gasteiger partial charge on any atom is -0.364 e. The molecule has 51 heavy (non-hydrogen) atoms. The van der Waals surface area contributed by atoms with Crippen molar-refractivity contribution >= 4 is 38.9 Å². The largest absolute Gasteiger partial charge is 0.364 e. The van der Waals surface area contributed by atoms with E-state index in [2.05, 4.69) is 180 Å². The lowest BCUT2D eigenvalue weighted by atomic mass is 9.75. The zero-order valence-corrected chi connectivity index (χ0v) is 28.7. The molecule has 5 unspecified atom stereocenters. The Labute approximate surface area is 299 Å². The minimum atomic E-state index is 0.0421. The van der Waals surface area contributed by atoms with E-state index in [0.29, 0.717) is 17.8 Å². The number of hydrogen-bond donors (Lipinski definition) is 2. The second-order valence-corrected chi connectivity index (χ2v) is 15.0. The minimum absolute atomic E-state index is 0.0421. The van der Waals surface area contributed by atoms with Crippen LogP contribution >= 0.6 is 0 Å². The van der Waals surface area contributed by atoms with Crippen LogP contribution in [0, 0.1) is 5.92 Å². The van der Waals surface area contributed by atoms with Crippen LogP contribution < -0.4 is 10.6 Å². The van der Waals surface area contributed by atoms with Gasteiger partial charge in [0.2, 0.25) is 0 Å². The number of nitrogens with one attached hydrogen (secondary N) is 2. The van der Waals surface area contributed by atoms with Gasteiger partial charge < -0.3 is 15.2 Å². The van der Waals surface area contributed by atoms with Crippen molar-refractivity contribution in [3.63, 3.8) is 0 Å². The number of benzene rings is 6. The lowest BCUT2D eigenvalue weighted by molar-refractivity contribution is 0.409. The van der Waals surface area contributed by atoms with Gasteiger partial charge in [0, 0.05) is 39.2 Å². The molecule has 3 nitrogen and oxygen atoms in total. The van der Waals surface area contributed by atoms with Gasteiger partial charge in [-0.3, -0.25) is 0 Å². The SMILES string of the molecule is CCC1c2ccc(-c3ccccc3)cc2NC2C1c1ccc(-c3ccc(Nc4ccccc4)c(C45C=CC=CC4C5)c3)c3c4ccccc4n2c13. The van der Waals surface area contributed by atoms with Gasteiger partial charge in [-0.25, -0.2) is 0 Å². The second-order valence-electron chi connectivity index (χ2n) is 15.0. The summed E-state index contributed by atoms with van der Waals surface area (Å²) in [6.07, 6.45) is 11.7. The number of allylic oxidation sites excluding steroid dienone is 4. The summed E-state index contributed by atoms with van der Waals surface area (Å²) in [7, 11) is 0. The van der Waals surface area contributed by atoms with Gasteiger partial charge in [0.25, 0.3) is 0 Å². The molecule has 11 rings (SSSR count). The van der Waals surface area contributed by atoms with Crippen molar-refractivity contribution in [2.24, 2.45) is 5.92 Å². The van der Waals surface area contributed by atoms with Crippen LogP contribution in [0.4, 0.5) is 17.1 Å². The summed E-state index contributed by atoms with van der Waals surface area (Å²) >= 11 is 0. The van der Waals surface area contributed by atoms with Gasteiger partial charge in [-0.05, 0) is 100 Å². The van der Waals surface area contributed by atoms with E-state index in [4.69, 9.17) is 0 Å². The average molecular weight is 658 g/mol. The monoisotopic (exact) mass is 657 g/mol. The first-order valence-electron chi connectivity index (χ1n) is 18.6. The molecule has 2 N–H and O–H groups in total. The molecule has 3 heterocycles. The van der Waals surface area contributed by atoms with E-state index in [1.807, 2.05) is 0 Å². The molecule has 4 aliphatic rings. The summed E-state index contributed by atoms with van der Waals surface area (Å²) in [6, 6.07) is 49.6. The second kappa shape index (κ2) is 10.8. The highest BCUT2D eigenvalue weighted by atomic mass is 15.2. The van der Waals surface area contributed by atoms with Gasteiger partial charge in [-0.1, -0.05) is 128 Å². The highest BCUT2D eigenvalue weighted by molar-refractivity contribution is 6.17. The zero-order chi connectivity index (χ0) is 33.7. The van der Waals surface area contributed by atoms with Crippen LogP contribution in [0.2, 0.25) is 0 Å². The first-order valence-corrected chi connectivity index (χ1v) is 18.6. The number of hydrogen-bond acceptors (Lipinski definition) is 2. The Balaban J connectivity index is 1.09. The number of aromatic nitrogens is 1. The van der Waals surface area contributed by atoms with Crippen molar-refractivity contribution < 1.29 is 0 Å². The summed E-state index contributed by atoms with van der Waals surface area (Å²) in [5, 5.41) is 10.6. The molecule has 1 fully saturated rings. The summed E-state index contributed by atoms with van der Waals surface area (Å²) < 4.78 is 2.64. The maximum atomic E-state index is 4.11. The van der Waals surface area contributed by atoms with E-state index in [1.54, 1.807) is 0 Å². The predicted octanol–water partition coefficient (Wildman–Crippen LogP) is 12.5. The summed E-state index contributed by atoms with van der Waals surface area (Å²) in [4.78, 5) is 0. The number of para-hydroxylation sites is 2. The normalized spacial score (nSPS) is 23.5. The number of anilines is 3. The Morgan fingerprint density at radius 1 is 0.745 bits per heavy atom. The molecule has 0 amide bonds. The standard InChI is InChI=1S/C48H39N3/c1-2-35-37-22-20-31(30-13-5-3-6-14-30)28-42(37)50-47-45(35)39-24-23-36(44-38-18-9-10-19-43(38)51(47)46(39)44)32-21-25-41(49-34-16-7-4-8-17-34)40(27-32)48-26-12-11-15-33(48)29-48/h3-28,33,35,45,47,49-50H,2,29H2,1H3. The zero-order valence-electron chi connectivity index (χ0n) is 28.7. The Kier molecular flexibility index (Phi) is 6.16. The lowest BCUT2D eigenvalue weighted by Crippen LogP contribution is -2.30. The fourth-order valence-electron chi connectivity index (χ4n) is 9.96. The average Bonchev–Trinajstić information content (AvgIpc) is 3.73. The van der Waals surface area contributed by atoms with Crippen LogP contribution in [-0.2, 0) is 5.41 Å². The molecule has 0 saturated heterocycles. The van der Waals surface area contributed by atoms with E-state index < -0.39 is 0 Å². The Morgan fingerprint density at radius 3 is 2.37 bits per heavy atom. The van der Waals surface area contributed by atoms with E-state index in [9.17, 15) is 0 Å². The molecule has 2 aliphatic heterocycles. The lowest BCUT2D eigenvalue weighted by Gasteiger charge is -2.38. The van der Waals surface area contributed by atoms with Crippen LogP contribution in [0.3, 0.4) is 0 Å². The first-order chi connectivity index (χ1) is 25.2. The Hall–Kier alpha value is -5.80. The highest BCUT2D eigenvalue weighted by Gasteiger charge is 2.54. The number of nitrogens with zero attached hydrogens (tertiary/aromatic N) is 1. The van der Waals surface area contributed by atoms with Crippen molar-refractivity contribution in [3.05, 3.63) is 174 Å². The molecule has 246 valence electrons. The molecular weight excluding hydrogens is 619 g/mol. The van der Waals surface area contributed by atoms with Crippen LogP contribution in [-0.4, -0.2) is 4.57 Å². The summed E-state index contributed by atoms with van der Waals surface area (Å²) in [5.74, 6) is 1.33. The van der Waals surface area contributed by atoms with E-state index in [-0.39, 0.29) is 11.6 Å². The van der Waals surface area contributed by atoms with Crippen LogP contribution in [0.15, 0.2) is 158 Å². The fourth-order valence-corrected chi connectivity index (χ4v) is 9.96. The predicted molar refractivity (Wildman–Crippen MR) is 213 cm³/mol. The third-order valence-corrected chi connectivity index (χ3v) is 12.4. The Bertz CT molecular complexity index is 2580. The molecule has 7 aromatic rings. The molecule has 0 bridgehead atoms. The molecule has 1 saturated carbocycles. The maximum absolute atomic E-state index is 4.11. The van der Waals surface area contributed by atoms with Crippen molar-refractivity contribution in [3.8, 4) is 22.3 Å². The third-order valence-electron chi connectivity index (χ3n) is 12.4. The summed E-state index contributed by atoms with van der Waals surface area (Å²) in [6.45, 7) is 2.37. The molecular formula is C48H39N3. The van der Waals surface area contributed by atoms with Crippen molar-refractivity contribution in [1.29, 1.82) is 0 Å². The molecule has 0 spiro atoms.